The molecule has 1 atom stereocenters. The van der Waals surface area contributed by atoms with E-state index in [-0.39, 0.29) is 51.4 Å². The molecule has 0 radical (unpaired) electrons. The summed E-state index contributed by atoms with van der Waals surface area (Å²) < 4.78 is 13.3. The smallest absolute Gasteiger partial charge is 0.756 e. The van der Waals surface area contributed by atoms with E-state index in [0.717, 1.165) is 0 Å². The van der Waals surface area contributed by atoms with Crippen LogP contribution in [0.3, 0.4) is 0 Å². The summed E-state index contributed by atoms with van der Waals surface area (Å²) in [4.78, 5) is 17.5. The Kier molecular flexibility index (Phi) is 9.49. The molecule has 7 heteroatoms. The van der Waals surface area contributed by atoms with Gasteiger partial charge in [-0.25, -0.2) is 0 Å². The SMILES string of the molecule is O=P([O-])(O)OCCO.[K+]. The van der Waals surface area contributed by atoms with Gasteiger partial charge in [-0.3, -0.25) is 4.57 Å². The van der Waals surface area contributed by atoms with Crippen molar-refractivity contribution in [2.75, 3.05) is 13.2 Å². The van der Waals surface area contributed by atoms with E-state index in [9.17, 15) is 9.46 Å². The minimum Gasteiger partial charge on any atom is -0.756 e. The van der Waals surface area contributed by atoms with Crippen LogP contribution in [-0.2, 0) is 9.09 Å². The molecule has 0 rings (SSSR count). The summed E-state index contributed by atoms with van der Waals surface area (Å²) in [6.07, 6.45) is 0. The molecule has 0 aromatic carbocycles. The molecule has 9 heavy (non-hydrogen) atoms. The van der Waals surface area contributed by atoms with Crippen LogP contribution in [0.25, 0.3) is 0 Å². The van der Waals surface area contributed by atoms with Gasteiger partial charge in [0.1, 0.15) is 0 Å². The van der Waals surface area contributed by atoms with Crippen molar-refractivity contribution in [3.05, 3.63) is 0 Å². The maximum absolute atomic E-state index is 9.64. The Morgan fingerprint density at radius 3 is 2.22 bits per heavy atom. The second-order valence-electron chi connectivity index (χ2n) is 1.03. The van der Waals surface area contributed by atoms with Crippen molar-refractivity contribution in [1.29, 1.82) is 0 Å². The van der Waals surface area contributed by atoms with Gasteiger partial charge < -0.3 is 19.4 Å². The van der Waals surface area contributed by atoms with Crippen molar-refractivity contribution in [3.8, 4) is 0 Å². The van der Waals surface area contributed by atoms with Crippen molar-refractivity contribution in [2.45, 2.75) is 0 Å². The Hall–Kier alpha value is 1.71. The normalized spacial score (nSPS) is 15.9. The molecule has 5 nitrogen and oxygen atoms in total. The van der Waals surface area contributed by atoms with E-state index in [1.165, 1.54) is 0 Å². The first-order valence-electron chi connectivity index (χ1n) is 1.85. The fourth-order valence-corrected chi connectivity index (χ4v) is 0.469. The van der Waals surface area contributed by atoms with Crippen LogP contribution < -0.4 is 56.3 Å². The Bertz CT molecular complexity index is 99.1. The predicted molar refractivity (Wildman–Crippen MR) is 22.9 cm³/mol. The van der Waals surface area contributed by atoms with E-state index < -0.39 is 21.0 Å². The molecule has 50 valence electrons. The first-order chi connectivity index (χ1) is 3.56. The summed E-state index contributed by atoms with van der Waals surface area (Å²) in [5.74, 6) is 0. The van der Waals surface area contributed by atoms with Crippen molar-refractivity contribution in [3.63, 3.8) is 0 Å². The third-order valence-corrected chi connectivity index (χ3v) is 0.855. The van der Waals surface area contributed by atoms with Gasteiger partial charge in [0.05, 0.1) is 13.2 Å². The van der Waals surface area contributed by atoms with Gasteiger partial charge in [0.15, 0.2) is 0 Å². The molecule has 2 N–H and O–H groups in total. The number of rotatable bonds is 3. The molecule has 0 fully saturated rings. The molecule has 0 aromatic heterocycles. The van der Waals surface area contributed by atoms with Crippen LogP contribution in [0, 0.1) is 0 Å². The standard InChI is InChI=1S/C2H7O5P.K/c3-1-2-7-8(4,5)6;/h3H,1-2H2,(H2,4,5,6);/q;+1/p-1. The van der Waals surface area contributed by atoms with Crippen LogP contribution in [0.15, 0.2) is 0 Å². The molecule has 0 heterocycles. The molecule has 0 aromatic rings. The molecule has 0 saturated heterocycles. The summed E-state index contributed by atoms with van der Waals surface area (Å²) in [7, 11) is -4.59. The first-order valence-corrected chi connectivity index (χ1v) is 3.35. The molecule has 0 saturated carbocycles. The van der Waals surface area contributed by atoms with Gasteiger partial charge in [0.25, 0.3) is 7.82 Å². The molecular weight excluding hydrogens is 174 g/mol. The zero-order valence-corrected chi connectivity index (χ0v) is 9.00. The van der Waals surface area contributed by atoms with Crippen molar-refractivity contribution < 1.29 is 75.4 Å². The Morgan fingerprint density at radius 1 is 1.67 bits per heavy atom. The number of phosphoric acid groups is 1. The molecule has 0 aliphatic heterocycles. The van der Waals surface area contributed by atoms with Gasteiger partial charge in [-0.2, -0.15) is 0 Å². The fourth-order valence-electron chi connectivity index (χ4n) is 0.156. The van der Waals surface area contributed by atoms with Gasteiger partial charge in [0, 0.05) is 0 Å². The maximum Gasteiger partial charge on any atom is 1.00 e. The van der Waals surface area contributed by atoms with Crippen LogP contribution >= 0.6 is 7.82 Å². The fraction of sp³-hybridized carbons (Fsp3) is 1.00. The van der Waals surface area contributed by atoms with Gasteiger partial charge >= 0.3 is 51.4 Å². The molecule has 0 amide bonds. The maximum atomic E-state index is 9.64. The van der Waals surface area contributed by atoms with Crippen LogP contribution in [-0.4, -0.2) is 23.2 Å². The van der Waals surface area contributed by atoms with E-state index in [2.05, 4.69) is 4.52 Å². The number of hydrogen-bond donors (Lipinski definition) is 2. The minimum absolute atomic E-state index is 0. The zero-order valence-electron chi connectivity index (χ0n) is 4.98. The van der Waals surface area contributed by atoms with Crippen molar-refractivity contribution in [2.24, 2.45) is 0 Å². The third-order valence-electron chi connectivity index (χ3n) is 0.346. The van der Waals surface area contributed by atoms with Crippen LogP contribution in [0.1, 0.15) is 0 Å². The predicted octanol–water partition coefficient (Wildman–Crippen LogP) is -4.54. The average molecular weight is 180 g/mol. The van der Waals surface area contributed by atoms with Crippen LogP contribution in [0.4, 0.5) is 0 Å². The quantitative estimate of drug-likeness (QED) is 0.337. The zero-order chi connectivity index (χ0) is 6.62. The van der Waals surface area contributed by atoms with Crippen molar-refractivity contribution in [1.82, 2.24) is 0 Å². The second kappa shape index (κ2) is 6.42. The Labute approximate surface area is 95.1 Å². The van der Waals surface area contributed by atoms with Gasteiger partial charge in [-0.1, -0.05) is 0 Å². The summed E-state index contributed by atoms with van der Waals surface area (Å²) in [5, 5.41) is 7.93. The molecule has 0 spiro atoms. The monoisotopic (exact) mass is 180 g/mol. The molecule has 0 aliphatic rings. The van der Waals surface area contributed by atoms with E-state index in [0.29, 0.717) is 0 Å². The first kappa shape index (κ1) is 13.3. The second-order valence-corrected chi connectivity index (χ2v) is 2.22. The van der Waals surface area contributed by atoms with E-state index in [1.54, 1.807) is 0 Å². The number of hydrogen-bond acceptors (Lipinski definition) is 4. The van der Waals surface area contributed by atoms with Gasteiger partial charge in [-0.05, 0) is 0 Å². The average Bonchev–Trinajstić information content (AvgIpc) is 1.59. The van der Waals surface area contributed by atoms with E-state index in [1.807, 2.05) is 0 Å². The van der Waals surface area contributed by atoms with E-state index in [4.69, 9.17) is 10.00 Å². The molecular formula is C2H6KO5P. The van der Waals surface area contributed by atoms with Crippen LogP contribution in [0.5, 0.6) is 0 Å². The van der Waals surface area contributed by atoms with Gasteiger partial charge in [0.2, 0.25) is 0 Å². The minimum atomic E-state index is -4.59. The van der Waals surface area contributed by atoms with E-state index >= 15 is 0 Å². The number of aliphatic hydroxyl groups is 1. The van der Waals surface area contributed by atoms with Crippen molar-refractivity contribution >= 4 is 7.82 Å². The molecule has 1 unspecified atom stereocenters. The number of aliphatic hydroxyl groups excluding tert-OH is 1. The summed E-state index contributed by atoms with van der Waals surface area (Å²) >= 11 is 0. The van der Waals surface area contributed by atoms with Crippen LogP contribution in [0.2, 0.25) is 0 Å². The molecule has 0 aliphatic carbocycles. The number of phosphoric ester groups is 1. The third kappa shape index (κ3) is 12.8. The molecule has 0 bridgehead atoms. The largest absolute Gasteiger partial charge is 1.00 e. The summed E-state index contributed by atoms with van der Waals surface area (Å²) in [6, 6.07) is 0. The Balaban J connectivity index is 0. The summed E-state index contributed by atoms with van der Waals surface area (Å²) in [6.45, 7) is -0.815. The van der Waals surface area contributed by atoms with Gasteiger partial charge in [-0.15, -0.1) is 0 Å². The Morgan fingerprint density at radius 2 is 2.11 bits per heavy atom. The summed E-state index contributed by atoms with van der Waals surface area (Å²) in [5.41, 5.74) is 0. The topological polar surface area (TPSA) is 89.8 Å².